The third-order valence-corrected chi connectivity index (χ3v) is 3.84. The molecule has 4 nitrogen and oxygen atoms in total. The van der Waals surface area contributed by atoms with Crippen molar-refractivity contribution in [2.24, 2.45) is 0 Å². The maximum absolute atomic E-state index is 12.5. The van der Waals surface area contributed by atoms with Crippen molar-refractivity contribution in [3.05, 3.63) is 57.7 Å². The van der Waals surface area contributed by atoms with Gasteiger partial charge in [0.25, 0.3) is 0 Å². The second kappa shape index (κ2) is 5.06. The number of hydrogen-bond acceptors (Lipinski definition) is 5. The Morgan fingerprint density at radius 2 is 1.77 bits per heavy atom. The fourth-order valence-corrected chi connectivity index (χ4v) is 2.71. The monoisotopic (exact) mass is 324 g/mol. The smallest absolute Gasteiger partial charge is 0.352 e. The molecule has 1 aliphatic rings. The molecule has 1 aromatic heterocycles. The van der Waals surface area contributed by atoms with E-state index in [0.717, 1.165) is 29.5 Å². The Labute approximate surface area is 126 Å². The molecule has 0 fully saturated rings. The summed E-state index contributed by atoms with van der Waals surface area (Å²) in [6.07, 6.45) is -3.33. The number of ketones is 2. The van der Waals surface area contributed by atoms with Crippen LogP contribution in [-0.2, 0) is 6.18 Å². The number of Topliss-reactive ketones (excluding diaryl/α,β-unsaturated/α-hetero) is 1. The molecule has 0 amide bonds. The van der Waals surface area contributed by atoms with Crippen molar-refractivity contribution in [2.45, 2.75) is 6.18 Å². The molecule has 0 aliphatic heterocycles. The number of aromatic nitrogens is 1. The molecule has 1 N–H and O–H groups in total. The SMILES string of the molecule is O=C1C=C(Nc2ccc(C(F)(F)F)cc2)C(=O)c2scnc21. The summed E-state index contributed by atoms with van der Waals surface area (Å²) < 4.78 is 37.5. The molecular weight excluding hydrogens is 317 g/mol. The van der Waals surface area contributed by atoms with E-state index in [-0.39, 0.29) is 22.0 Å². The number of rotatable bonds is 2. The average Bonchev–Trinajstić information content (AvgIpc) is 2.94. The van der Waals surface area contributed by atoms with Crippen LogP contribution in [0.3, 0.4) is 0 Å². The molecule has 112 valence electrons. The maximum atomic E-state index is 12.5. The van der Waals surface area contributed by atoms with Crippen LogP contribution in [0.15, 0.2) is 41.5 Å². The van der Waals surface area contributed by atoms with Crippen LogP contribution < -0.4 is 5.32 Å². The number of hydrogen-bond donors (Lipinski definition) is 1. The summed E-state index contributed by atoms with van der Waals surface area (Å²) in [5, 5.41) is 2.67. The lowest BCUT2D eigenvalue weighted by molar-refractivity contribution is -0.137. The van der Waals surface area contributed by atoms with Gasteiger partial charge in [0, 0.05) is 11.8 Å². The van der Waals surface area contributed by atoms with E-state index in [0.29, 0.717) is 0 Å². The van der Waals surface area contributed by atoms with E-state index in [4.69, 9.17) is 0 Å². The lowest BCUT2D eigenvalue weighted by Gasteiger charge is -2.14. The van der Waals surface area contributed by atoms with Crippen molar-refractivity contribution in [2.75, 3.05) is 5.32 Å². The van der Waals surface area contributed by atoms with Crippen LogP contribution in [0.4, 0.5) is 18.9 Å². The molecule has 0 bridgehead atoms. The summed E-state index contributed by atoms with van der Waals surface area (Å²) in [5.41, 5.74) is 1.01. The number of anilines is 1. The maximum Gasteiger partial charge on any atom is 0.416 e. The zero-order valence-electron chi connectivity index (χ0n) is 10.8. The van der Waals surface area contributed by atoms with E-state index >= 15 is 0 Å². The first-order chi connectivity index (χ1) is 10.4. The number of carbonyl (C=O) groups is 2. The molecule has 1 aromatic carbocycles. The number of alkyl halides is 3. The van der Waals surface area contributed by atoms with Crippen LogP contribution in [0.5, 0.6) is 0 Å². The average molecular weight is 324 g/mol. The second-order valence-corrected chi connectivity index (χ2v) is 5.34. The van der Waals surface area contributed by atoms with E-state index in [1.165, 1.54) is 17.6 Å². The number of nitrogens with zero attached hydrogens (tertiary/aromatic N) is 1. The topological polar surface area (TPSA) is 59.1 Å². The Morgan fingerprint density at radius 3 is 2.41 bits per heavy atom. The van der Waals surface area contributed by atoms with Crippen molar-refractivity contribution < 1.29 is 22.8 Å². The number of allylic oxidation sites excluding steroid dienone is 2. The fourth-order valence-electron chi connectivity index (χ4n) is 1.96. The van der Waals surface area contributed by atoms with Gasteiger partial charge in [-0.25, -0.2) is 4.98 Å². The number of benzene rings is 1. The highest BCUT2D eigenvalue weighted by Crippen LogP contribution is 2.30. The quantitative estimate of drug-likeness (QED) is 0.918. The van der Waals surface area contributed by atoms with Gasteiger partial charge in [0.15, 0.2) is 0 Å². The Morgan fingerprint density at radius 1 is 1.09 bits per heavy atom. The van der Waals surface area contributed by atoms with Crippen LogP contribution in [0, 0.1) is 0 Å². The van der Waals surface area contributed by atoms with Gasteiger partial charge in [-0.2, -0.15) is 13.2 Å². The highest BCUT2D eigenvalue weighted by molar-refractivity contribution is 7.12. The van der Waals surface area contributed by atoms with E-state index in [2.05, 4.69) is 10.3 Å². The third-order valence-electron chi connectivity index (χ3n) is 3.02. The summed E-state index contributed by atoms with van der Waals surface area (Å²) in [4.78, 5) is 28.0. The zero-order valence-corrected chi connectivity index (χ0v) is 11.6. The van der Waals surface area contributed by atoms with Crippen molar-refractivity contribution in [3.63, 3.8) is 0 Å². The van der Waals surface area contributed by atoms with Gasteiger partial charge in [0.05, 0.1) is 16.8 Å². The van der Waals surface area contributed by atoms with Gasteiger partial charge in [0.1, 0.15) is 10.6 Å². The zero-order chi connectivity index (χ0) is 15.9. The molecule has 22 heavy (non-hydrogen) atoms. The minimum absolute atomic E-state index is 0.0153. The van der Waals surface area contributed by atoms with E-state index in [9.17, 15) is 22.8 Å². The van der Waals surface area contributed by atoms with Crippen molar-refractivity contribution >= 4 is 28.6 Å². The fraction of sp³-hybridized carbons (Fsp3) is 0.0714. The molecule has 1 aliphatic carbocycles. The molecule has 0 spiro atoms. The van der Waals surface area contributed by atoms with Crippen molar-refractivity contribution in [1.82, 2.24) is 4.98 Å². The third kappa shape index (κ3) is 2.52. The van der Waals surface area contributed by atoms with Crippen LogP contribution in [0.2, 0.25) is 0 Å². The summed E-state index contributed by atoms with van der Waals surface area (Å²) in [7, 11) is 0. The van der Waals surface area contributed by atoms with Crippen LogP contribution in [-0.4, -0.2) is 16.6 Å². The van der Waals surface area contributed by atoms with Gasteiger partial charge < -0.3 is 5.32 Å². The predicted molar refractivity (Wildman–Crippen MR) is 73.9 cm³/mol. The molecule has 1 heterocycles. The summed E-state index contributed by atoms with van der Waals surface area (Å²) in [6, 6.07) is 4.19. The number of nitrogens with one attached hydrogen (secondary N) is 1. The number of carbonyl (C=O) groups excluding carboxylic acids is 2. The minimum atomic E-state index is -4.42. The first-order valence-electron chi connectivity index (χ1n) is 6.05. The predicted octanol–water partition coefficient (Wildman–Crippen LogP) is 3.54. The van der Waals surface area contributed by atoms with Gasteiger partial charge in [-0.15, -0.1) is 11.3 Å². The molecular formula is C14H7F3N2O2S. The molecule has 3 rings (SSSR count). The van der Waals surface area contributed by atoms with E-state index in [1.54, 1.807) is 0 Å². The normalized spacial score (nSPS) is 14.6. The van der Waals surface area contributed by atoms with Crippen LogP contribution >= 0.6 is 11.3 Å². The van der Waals surface area contributed by atoms with Crippen molar-refractivity contribution in [3.8, 4) is 0 Å². The van der Waals surface area contributed by atoms with Gasteiger partial charge in [-0.3, -0.25) is 9.59 Å². The van der Waals surface area contributed by atoms with E-state index < -0.39 is 23.3 Å². The first kappa shape index (κ1) is 14.5. The molecule has 8 heteroatoms. The van der Waals surface area contributed by atoms with Crippen LogP contribution in [0.1, 0.15) is 25.7 Å². The number of thiazole rings is 1. The number of fused-ring (bicyclic) bond motifs is 1. The van der Waals surface area contributed by atoms with Crippen LogP contribution in [0.25, 0.3) is 0 Å². The minimum Gasteiger partial charge on any atom is -0.352 e. The lowest BCUT2D eigenvalue weighted by atomic mass is 10.0. The van der Waals surface area contributed by atoms with Gasteiger partial charge in [-0.05, 0) is 24.3 Å². The van der Waals surface area contributed by atoms with Crippen molar-refractivity contribution in [1.29, 1.82) is 0 Å². The van der Waals surface area contributed by atoms with Gasteiger partial charge >= 0.3 is 6.18 Å². The summed E-state index contributed by atoms with van der Waals surface area (Å²) in [5.74, 6) is -0.817. The molecule has 0 saturated carbocycles. The molecule has 0 unspecified atom stereocenters. The number of halogens is 3. The summed E-state index contributed by atoms with van der Waals surface area (Å²) >= 11 is 1.05. The highest BCUT2D eigenvalue weighted by Gasteiger charge is 2.31. The lowest BCUT2D eigenvalue weighted by Crippen LogP contribution is -2.20. The Balaban J connectivity index is 1.85. The Kier molecular flexibility index (Phi) is 3.32. The molecule has 0 saturated heterocycles. The van der Waals surface area contributed by atoms with E-state index in [1.807, 2.05) is 0 Å². The standard InChI is InChI=1S/C14H7F3N2O2S/c15-14(16,17)7-1-3-8(4-2-7)19-9-5-10(20)11-13(12(9)21)22-6-18-11/h1-6,19H. The largest absolute Gasteiger partial charge is 0.416 e. The summed E-state index contributed by atoms with van der Waals surface area (Å²) in [6.45, 7) is 0. The van der Waals surface area contributed by atoms with Gasteiger partial charge in [-0.1, -0.05) is 0 Å². The molecule has 2 aromatic rings. The second-order valence-electron chi connectivity index (χ2n) is 4.48. The first-order valence-corrected chi connectivity index (χ1v) is 6.93. The Hall–Kier alpha value is -2.48. The molecule has 0 radical (unpaired) electrons. The Bertz CT molecular complexity index is 791. The molecule has 0 atom stereocenters. The highest BCUT2D eigenvalue weighted by atomic mass is 32.1. The van der Waals surface area contributed by atoms with Gasteiger partial charge in [0.2, 0.25) is 11.6 Å².